The predicted octanol–water partition coefficient (Wildman–Crippen LogP) is -0.373. The second-order valence-corrected chi connectivity index (χ2v) is 4.82. The standard InChI is InChI=1S/C11H19N3O4/c1-7(2)5-14(6-10(16)17)11(18)13-8-3-9(15)12-4-8/h7-8H,3-6H2,1-2H3,(H,12,15)(H,13,18)(H,16,17). The Morgan fingerprint density at radius 3 is 2.67 bits per heavy atom. The molecule has 0 aromatic rings. The van der Waals surface area contributed by atoms with Gasteiger partial charge in [-0.3, -0.25) is 9.59 Å². The molecule has 1 aliphatic heterocycles. The molecule has 0 radical (unpaired) electrons. The summed E-state index contributed by atoms with van der Waals surface area (Å²) in [7, 11) is 0. The van der Waals surface area contributed by atoms with Gasteiger partial charge in [-0.15, -0.1) is 0 Å². The molecule has 0 aromatic heterocycles. The second kappa shape index (κ2) is 6.23. The van der Waals surface area contributed by atoms with E-state index in [0.717, 1.165) is 0 Å². The van der Waals surface area contributed by atoms with Crippen molar-refractivity contribution in [2.75, 3.05) is 19.6 Å². The van der Waals surface area contributed by atoms with E-state index in [4.69, 9.17) is 5.11 Å². The van der Waals surface area contributed by atoms with Crippen LogP contribution in [0, 0.1) is 5.92 Å². The molecule has 3 N–H and O–H groups in total. The predicted molar refractivity (Wildman–Crippen MR) is 64.0 cm³/mol. The van der Waals surface area contributed by atoms with E-state index in [1.165, 1.54) is 4.90 Å². The number of rotatable bonds is 5. The summed E-state index contributed by atoms with van der Waals surface area (Å²) in [6.45, 7) is 4.24. The molecule has 102 valence electrons. The molecule has 1 unspecified atom stereocenters. The Kier molecular flexibility index (Phi) is 4.94. The van der Waals surface area contributed by atoms with E-state index in [0.29, 0.717) is 13.1 Å². The highest BCUT2D eigenvalue weighted by Crippen LogP contribution is 2.03. The minimum absolute atomic E-state index is 0.103. The van der Waals surface area contributed by atoms with Crippen LogP contribution in [0.5, 0.6) is 0 Å². The van der Waals surface area contributed by atoms with Gasteiger partial charge in [0, 0.05) is 19.5 Å². The number of carboxylic acids is 1. The average molecular weight is 257 g/mol. The number of carboxylic acid groups (broad SMARTS) is 1. The van der Waals surface area contributed by atoms with Crippen molar-refractivity contribution < 1.29 is 19.5 Å². The zero-order valence-electron chi connectivity index (χ0n) is 10.6. The molecule has 1 heterocycles. The van der Waals surface area contributed by atoms with Gasteiger partial charge in [-0.05, 0) is 5.92 Å². The van der Waals surface area contributed by atoms with Crippen molar-refractivity contribution >= 4 is 17.9 Å². The smallest absolute Gasteiger partial charge is 0.323 e. The van der Waals surface area contributed by atoms with Gasteiger partial charge in [0.1, 0.15) is 6.54 Å². The van der Waals surface area contributed by atoms with Gasteiger partial charge in [0.25, 0.3) is 0 Å². The van der Waals surface area contributed by atoms with Crippen LogP contribution in [0.1, 0.15) is 20.3 Å². The van der Waals surface area contributed by atoms with Crippen molar-refractivity contribution in [3.05, 3.63) is 0 Å². The van der Waals surface area contributed by atoms with Gasteiger partial charge in [0.2, 0.25) is 5.91 Å². The summed E-state index contributed by atoms with van der Waals surface area (Å²) in [5.74, 6) is -0.973. The molecule has 0 saturated carbocycles. The summed E-state index contributed by atoms with van der Waals surface area (Å²) >= 11 is 0. The molecule has 1 rings (SSSR count). The number of nitrogens with one attached hydrogen (secondary N) is 2. The van der Waals surface area contributed by atoms with Crippen molar-refractivity contribution in [1.29, 1.82) is 0 Å². The number of carbonyl (C=O) groups excluding carboxylic acids is 2. The number of urea groups is 1. The second-order valence-electron chi connectivity index (χ2n) is 4.82. The molecule has 7 heteroatoms. The largest absolute Gasteiger partial charge is 0.480 e. The molecule has 7 nitrogen and oxygen atoms in total. The van der Waals surface area contributed by atoms with Crippen molar-refractivity contribution in [2.45, 2.75) is 26.3 Å². The summed E-state index contributed by atoms with van der Waals surface area (Å²) in [6, 6.07) is -0.693. The maximum atomic E-state index is 11.9. The SMILES string of the molecule is CC(C)CN(CC(=O)O)C(=O)NC1CNC(=O)C1. The monoisotopic (exact) mass is 257 g/mol. The average Bonchev–Trinajstić information content (AvgIpc) is 2.61. The third-order valence-electron chi connectivity index (χ3n) is 2.50. The summed E-state index contributed by atoms with van der Waals surface area (Å²) in [6.07, 6.45) is 0.244. The van der Waals surface area contributed by atoms with Gasteiger partial charge in [-0.25, -0.2) is 4.79 Å². The van der Waals surface area contributed by atoms with Crippen LogP contribution in [0.4, 0.5) is 4.79 Å². The molecule has 1 saturated heterocycles. The van der Waals surface area contributed by atoms with Gasteiger partial charge in [0.15, 0.2) is 0 Å². The lowest BCUT2D eigenvalue weighted by Crippen LogP contribution is -2.48. The molecular weight excluding hydrogens is 238 g/mol. The highest BCUT2D eigenvalue weighted by atomic mass is 16.4. The van der Waals surface area contributed by atoms with E-state index in [1.54, 1.807) is 0 Å². The fourth-order valence-corrected chi connectivity index (χ4v) is 1.80. The van der Waals surface area contributed by atoms with Crippen LogP contribution in [-0.4, -0.2) is 53.6 Å². The van der Waals surface area contributed by atoms with Crippen LogP contribution in [0.3, 0.4) is 0 Å². The van der Waals surface area contributed by atoms with Gasteiger partial charge < -0.3 is 20.6 Å². The normalized spacial score (nSPS) is 18.6. The lowest BCUT2D eigenvalue weighted by molar-refractivity contribution is -0.137. The van der Waals surface area contributed by atoms with Crippen LogP contribution in [0.25, 0.3) is 0 Å². The van der Waals surface area contributed by atoms with Gasteiger partial charge >= 0.3 is 12.0 Å². The molecule has 0 bridgehead atoms. The lowest BCUT2D eigenvalue weighted by Gasteiger charge is -2.24. The zero-order chi connectivity index (χ0) is 13.7. The van der Waals surface area contributed by atoms with Gasteiger partial charge in [-0.2, -0.15) is 0 Å². The van der Waals surface area contributed by atoms with E-state index >= 15 is 0 Å². The Morgan fingerprint density at radius 1 is 1.56 bits per heavy atom. The minimum atomic E-state index is -1.05. The minimum Gasteiger partial charge on any atom is -0.480 e. The molecule has 1 atom stereocenters. The first-order chi connectivity index (χ1) is 8.38. The molecule has 0 aromatic carbocycles. The lowest BCUT2D eigenvalue weighted by atomic mass is 10.2. The molecule has 18 heavy (non-hydrogen) atoms. The fraction of sp³-hybridized carbons (Fsp3) is 0.727. The number of hydrogen-bond acceptors (Lipinski definition) is 3. The van der Waals surface area contributed by atoms with Crippen LogP contribution < -0.4 is 10.6 Å². The molecule has 3 amide bonds. The van der Waals surface area contributed by atoms with Crippen LogP contribution in [0.2, 0.25) is 0 Å². The van der Waals surface area contributed by atoms with Gasteiger partial charge in [0.05, 0.1) is 6.04 Å². The van der Waals surface area contributed by atoms with E-state index in [-0.39, 0.29) is 30.8 Å². The summed E-state index contributed by atoms with van der Waals surface area (Å²) in [5.41, 5.74) is 0. The highest BCUT2D eigenvalue weighted by molar-refractivity contribution is 5.83. The Morgan fingerprint density at radius 2 is 2.22 bits per heavy atom. The van der Waals surface area contributed by atoms with E-state index < -0.39 is 12.0 Å². The topological polar surface area (TPSA) is 98.7 Å². The molecular formula is C11H19N3O4. The van der Waals surface area contributed by atoms with Crippen molar-refractivity contribution in [1.82, 2.24) is 15.5 Å². The third-order valence-corrected chi connectivity index (χ3v) is 2.50. The molecule has 1 fully saturated rings. The van der Waals surface area contributed by atoms with E-state index in [9.17, 15) is 14.4 Å². The number of hydrogen-bond donors (Lipinski definition) is 3. The van der Waals surface area contributed by atoms with Crippen LogP contribution >= 0.6 is 0 Å². The zero-order valence-corrected chi connectivity index (χ0v) is 10.6. The third kappa shape index (κ3) is 4.60. The van der Waals surface area contributed by atoms with E-state index in [2.05, 4.69) is 10.6 Å². The highest BCUT2D eigenvalue weighted by Gasteiger charge is 2.26. The van der Waals surface area contributed by atoms with Crippen molar-refractivity contribution in [3.63, 3.8) is 0 Å². The number of carbonyl (C=O) groups is 3. The number of nitrogens with zero attached hydrogens (tertiary/aromatic N) is 1. The Bertz CT molecular complexity index is 343. The summed E-state index contributed by atoms with van der Waals surface area (Å²) < 4.78 is 0. The first kappa shape index (κ1) is 14.3. The Hall–Kier alpha value is -1.79. The van der Waals surface area contributed by atoms with Gasteiger partial charge in [-0.1, -0.05) is 13.8 Å². The Balaban J connectivity index is 2.52. The number of amides is 3. The first-order valence-corrected chi connectivity index (χ1v) is 5.92. The van der Waals surface area contributed by atoms with Crippen molar-refractivity contribution in [3.8, 4) is 0 Å². The summed E-state index contributed by atoms with van der Waals surface area (Å²) in [5, 5.41) is 14.0. The first-order valence-electron chi connectivity index (χ1n) is 5.92. The maximum absolute atomic E-state index is 11.9. The Labute approximate surface area is 106 Å². The fourth-order valence-electron chi connectivity index (χ4n) is 1.80. The van der Waals surface area contributed by atoms with Crippen molar-refractivity contribution in [2.24, 2.45) is 5.92 Å². The van der Waals surface area contributed by atoms with E-state index in [1.807, 2.05) is 13.8 Å². The van der Waals surface area contributed by atoms with Crippen LogP contribution in [-0.2, 0) is 9.59 Å². The van der Waals surface area contributed by atoms with Crippen LogP contribution in [0.15, 0.2) is 0 Å². The molecule has 1 aliphatic rings. The quantitative estimate of drug-likeness (QED) is 0.625. The molecule has 0 aliphatic carbocycles. The molecule has 0 spiro atoms. The maximum Gasteiger partial charge on any atom is 0.323 e. The summed E-state index contributed by atoms with van der Waals surface area (Å²) in [4.78, 5) is 34.8. The number of aliphatic carboxylic acids is 1.